The highest BCUT2D eigenvalue weighted by atomic mass is 32.1. The number of phosphoric ester groups is 1. The van der Waals surface area contributed by atoms with Gasteiger partial charge in [0.1, 0.15) is 6.61 Å². The van der Waals surface area contributed by atoms with E-state index in [1.165, 1.54) is 135 Å². The molecule has 1 aliphatic rings. The molecule has 0 aromatic carbocycles. The molecule has 0 aromatic rings. The third-order valence-electron chi connectivity index (χ3n) is 10.6. The van der Waals surface area contributed by atoms with Gasteiger partial charge < -0.3 is 19.7 Å². The summed E-state index contributed by atoms with van der Waals surface area (Å²) in [6, 6.07) is 0. The maximum Gasteiger partial charge on any atom is 0.472 e. The highest BCUT2D eigenvalue weighted by Crippen LogP contribution is 2.46. The van der Waals surface area contributed by atoms with Crippen LogP contribution in [0.25, 0.3) is 0 Å². The fourth-order valence-corrected chi connectivity index (χ4v) is 8.03. The van der Waals surface area contributed by atoms with Crippen molar-refractivity contribution in [1.29, 1.82) is 0 Å². The second-order valence-electron chi connectivity index (χ2n) is 15.8. The van der Waals surface area contributed by atoms with Crippen molar-refractivity contribution >= 4 is 38.3 Å². The molecule has 324 valence electrons. The lowest BCUT2D eigenvalue weighted by Crippen LogP contribution is -2.30. The Morgan fingerprint density at radius 3 is 1.58 bits per heavy atom. The number of thiol groups is 1. The zero-order valence-electron chi connectivity index (χ0n) is 35.1. The molecule has 1 rings (SSSR count). The lowest BCUT2D eigenvalue weighted by atomic mass is 10.0. The molecule has 4 atom stereocenters. The maximum atomic E-state index is 12.7. The molecule has 0 bridgehead atoms. The van der Waals surface area contributed by atoms with Crippen LogP contribution in [-0.2, 0) is 37.5 Å². The van der Waals surface area contributed by atoms with Crippen LogP contribution in [0.15, 0.2) is 0 Å². The SMILES string of the molecule is CCCCCCCCCCCCCCCC(=O)OC[C@H](COP(=O)(O)OCCNC(=O)CCS)OC(=O)CCCCCCC[C@H]1C[C@H]1CCCCCCCC. The van der Waals surface area contributed by atoms with Crippen molar-refractivity contribution in [3.05, 3.63) is 0 Å². The van der Waals surface area contributed by atoms with Gasteiger partial charge in [0.2, 0.25) is 5.91 Å². The third-order valence-corrected chi connectivity index (χ3v) is 11.8. The Balaban J connectivity index is 2.31. The highest BCUT2D eigenvalue weighted by molar-refractivity contribution is 7.80. The van der Waals surface area contributed by atoms with E-state index in [0.717, 1.165) is 43.9 Å². The van der Waals surface area contributed by atoms with Gasteiger partial charge in [0.15, 0.2) is 6.10 Å². The van der Waals surface area contributed by atoms with E-state index in [-0.39, 0.29) is 44.9 Å². The average Bonchev–Trinajstić information content (AvgIpc) is 3.92. The Bertz CT molecular complexity index is 1000. The first-order valence-electron chi connectivity index (χ1n) is 22.5. The number of ether oxygens (including phenoxy) is 2. The first-order valence-corrected chi connectivity index (χ1v) is 24.7. The number of rotatable bonds is 41. The number of hydrogen-bond donors (Lipinski definition) is 3. The molecule has 1 amide bonds. The minimum absolute atomic E-state index is 0.0239. The van der Waals surface area contributed by atoms with E-state index >= 15 is 0 Å². The second kappa shape index (κ2) is 36.0. The fourth-order valence-electron chi connectivity index (χ4n) is 7.07. The summed E-state index contributed by atoms with van der Waals surface area (Å²) < 4.78 is 33.5. The van der Waals surface area contributed by atoms with Crippen LogP contribution in [0.4, 0.5) is 0 Å². The van der Waals surface area contributed by atoms with Crippen molar-refractivity contribution in [2.45, 2.75) is 213 Å². The molecular formula is C43H82NO9PS. The second-order valence-corrected chi connectivity index (χ2v) is 17.7. The first-order chi connectivity index (χ1) is 26.7. The van der Waals surface area contributed by atoms with Crippen molar-refractivity contribution in [2.24, 2.45) is 11.8 Å². The summed E-state index contributed by atoms with van der Waals surface area (Å²) in [6.07, 6.45) is 32.9. The Hall–Kier alpha value is -1.13. The maximum absolute atomic E-state index is 12.7. The Labute approximate surface area is 341 Å². The van der Waals surface area contributed by atoms with E-state index in [4.69, 9.17) is 18.5 Å². The zero-order valence-corrected chi connectivity index (χ0v) is 36.9. The molecule has 1 unspecified atom stereocenters. The predicted octanol–water partition coefficient (Wildman–Crippen LogP) is 11.6. The van der Waals surface area contributed by atoms with Crippen LogP contribution in [0.5, 0.6) is 0 Å². The molecule has 1 aliphatic carbocycles. The third kappa shape index (κ3) is 33.5. The number of carbonyl (C=O) groups excluding carboxylic acids is 3. The van der Waals surface area contributed by atoms with E-state index in [9.17, 15) is 23.8 Å². The summed E-state index contributed by atoms with van der Waals surface area (Å²) in [6.45, 7) is 3.54. The van der Waals surface area contributed by atoms with Crippen molar-refractivity contribution < 1.29 is 42.4 Å². The standard InChI is InChI=1S/C43H82NO9PS/c1-3-5-7-9-11-12-13-14-15-16-17-21-25-29-42(46)50-36-40(37-52-54(48,49)51-33-32-44-41(45)31-34-55)53-43(47)30-26-22-18-20-24-28-39-35-38(39)27-23-19-10-8-6-4-2/h38-40,55H,3-37H2,1-2H3,(H,44,45)(H,48,49)/t38-,39+,40-/m1/s1. The molecular weight excluding hydrogens is 738 g/mol. The molecule has 55 heavy (non-hydrogen) atoms. The molecule has 12 heteroatoms. The monoisotopic (exact) mass is 820 g/mol. The molecule has 0 saturated heterocycles. The summed E-state index contributed by atoms with van der Waals surface area (Å²) in [5, 5.41) is 2.56. The van der Waals surface area contributed by atoms with E-state index in [0.29, 0.717) is 12.2 Å². The summed E-state index contributed by atoms with van der Waals surface area (Å²) in [5.41, 5.74) is 0. The van der Waals surface area contributed by atoms with E-state index < -0.39 is 32.5 Å². The molecule has 1 fully saturated rings. The minimum atomic E-state index is -4.51. The van der Waals surface area contributed by atoms with Crippen LogP contribution in [0.3, 0.4) is 0 Å². The molecule has 0 radical (unpaired) electrons. The number of unbranched alkanes of at least 4 members (excludes halogenated alkanes) is 21. The van der Waals surface area contributed by atoms with Crippen molar-refractivity contribution in [3.63, 3.8) is 0 Å². The highest BCUT2D eigenvalue weighted by Gasteiger charge is 2.35. The van der Waals surface area contributed by atoms with Gasteiger partial charge in [-0.3, -0.25) is 23.4 Å². The molecule has 0 spiro atoms. The number of nitrogens with one attached hydrogen (secondary N) is 1. The van der Waals surface area contributed by atoms with Gasteiger partial charge in [-0.15, -0.1) is 0 Å². The van der Waals surface area contributed by atoms with E-state index in [2.05, 4.69) is 31.8 Å². The van der Waals surface area contributed by atoms with Gasteiger partial charge in [-0.25, -0.2) is 4.57 Å². The molecule has 0 aromatic heterocycles. The molecule has 2 N–H and O–H groups in total. The number of esters is 2. The Morgan fingerprint density at radius 1 is 0.636 bits per heavy atom. The zero-order chi connectivity index (χ0) is 40.2. The largest absolute Gasteiger partial charge is 0.472 e. The fraction of sp³-hybridized carbons (Fsp3) is 0.930. The lowest BCUT2D eigenvalue weighted by Gasteiger charge is -2.20. The van der Waals surface area contributed by atoms with Crippen molar-refractivity contribution in [3.8, 4) is 0 Å². The smallest absolute Gasteiger partial charge is 0.462 e. The summed E-state index contributed by atoms with van der Waals surface area (Å²) in [7, 11) is -4.51. The topological polar surface area (TPSA) is 137 Å². The van der Waals surface area contributed by atoms with Gasteiger partial charge >= 0.3 is 19.8 Å². The van der Waals surface area contributed by atoms with Gasteiger partial charge in [0, 0.05) is 25.8 Å². The lowest BCUT2D eigenvalue weighted by molar-refractivity contribution is -0.161. The molecule has 1 saturated carbocycles. The van der Waals surface area contributed by atoms with E-state index in [1.807, 2.05) is 0 Å². The van der Waals surface area contributed by atoms with Crippen molar-refractivity contribution in [1.82, 2.24) is 5.32 Å². The summed E-state index contributed by atoms with van der Waals surface area (Å²) in [5.74, 6) is 1.17. The van der Waals surface area contributed by atoms with Gasteiger partial charge in [-0.2, -0.15) is 12.6 Å². The summed E-state index contributed by atoms with van der Waals surface area (Å²) in [4.78, 5) is 46.9. The van der Waals surface area contributed by atoms with Crippen LogP contribution in [0, 0.1) is 11.8 Å². The number of hydrogen-bond acceptors (Lipinski definition) is 9. The Morgan fingerprint density at radius 2 is 1.09 bits per heavy atom. The van der Waals surface area contributed by atoms with Crippen LogP contribution in [0.1, 0.15) is 206 Å². The number of phosphoric acid groups is 1. The van der Waals surface area contributed by atoms with E-state index in [1.54, 1.807) is 0 Å². The van der Waals surface area contributed by atoms with Gasteiger partial charge in [0.05, 0.1) is 13.2 Å². The molecule has 0 aliphatic heterocycles. The van der Waals surface area contributed by atoms with Crippen LogP contribution >= 0.6 is 20.5 Å². The quantitative estimate of drug-likeness (QED) is 0.0238. The average molecular weight is 820 g/mol. The summed E-state index contributed by atoms with van der Waals surface area (Å²) >= 11 is 4.00. The van der Waals surface area contributed by atoms with Crippen LogP contribution in [0.2, 0.25) is 0 Å². The van der Waals surface area contributed by atoms with Crippen LogP contribution in [-0.4, -0.2) is 61.0 Å². The van der Waals surface area contributed by atoms with Gasteiger partial charge in [-0.1, -0.05) is 168 Å². The minimum Gasteiger partial charge on any atom is -0.462 e. The predicted molar refractivity (Wildman–Crippen MR) is 226 cm³/mol. The number of carbonyl (C=O) groups is 3. The molecule has 0 heterocycles. The number of amides is 1. The van der Waals surface area contributed by atoms with Gasteiger partial charge in [0.25, 0.3) is 0 Å². The molecule has 10 nitrogen and oxygen atoms in total. The van der Waals surface area contributed by atoms with Crippen molar-refractivity contribution in [2.75, 3.05) is 32.1 Å². The Kier molecular flexibility index (Phi) is 34.0. The first kappa shape index (κ1) is 51.9. The van der Waals surface area contributed by atoms with Crippen LogP contribution < -0.4 is 5.32 Å². The van der Waals surface area contributed by atoms with Gasteiger partial charge in [-0.05, 0) is 36.9 Å². The normalized spacial score (nSPS) is 16.7.